The fourth-order valence-corrected chi connectivity index (χ4v) is 2.24. The molecule has 1 aliphatic rings. The lowest BCUT2D eigenvalue weighted by Crippen LogP contribution is -2.48. The third-order valence-corrected chi connectivity index (χ3v) is 3.14. The maximum absolute atomic E-state index is 12.0. The topological polar surface area (TPSA) is 55.6 Å². The second-order valence-corrected chi connectivity index (χ2v) is 4.27. The van der Waals surface area contributed by atoms with Crippen molar-refractivity contribution in [1.82, 2.24) is 4.90 Å². The fourth-order valence-electron chi connectivity index (χ4n) is 1.62. The SMILES string of the molecule is Cl.NCC1CN(C(=O)c2ccsc2)CCO1. The van der Waals surface area contributed by atoms with Crippen LogP contribution in [0.5, 0.6) is 0 Å². The minimum absolute atomic E-state index is 0. The standard InChI is InChI=1S/C10H14N2O2S.ClH/c11-5-9-6-12(2-3-14-9)10(13)8-1-4-15-7-8;/h1,4,7,9H,2-3,5-6,11H2;1H. The lowest BCUT2D eigenvalue weighted by molar-refractivity contribution is -0.0167. The van der Waals surface area contributed by atoms with Crippen molar-refractivity contribution in [2.24, 2.45) is 5.73 Å². The summed E-state index contributed by atoms with van der Waals surface area (Å²) >= 11 is 1.54. The summed E-state index contributed by atoms with van der Waals surface area (Å²) in [5.41, 5.74) is 6.29. The molecule has 0 bridgehead atoms. The molecule has 0 spiro atoms. The van der Waals surface area contributed by atoms with E-state index in [1.165, 1.54) is 11.3 Å². The molecule has 1 atom stereocenters. The van der Waals surface area contributed by atoms with Gasteiger partial charge in [-0.25, -0.2) is 0 Å². The van der Waals surface area contributed by atoms with Gasteiger partial charge in [0.25, 0.3) is 5.91 Å². The van der Waals surface area contributed by atoms with Crippen molar-refractivity contribution >= 4 is 29.7 Å². The second kappa shape index (κ2) is 6.20. The Balaban J connectivity index is 0.00000128. The molecule has 1 aliphatic heterocycles. The van der Waals surface area contributed by atoms with Crippen LogP contribution in [-0.2, 0) is 4.74 Å². The summed E-state index contributed by atoms with van der Waals surface area (Å²) in [6.45, 7) is 2.31. The van der Waals surface area contributed by atoms with E-state index in [0.29, 0.717) is 26.2 Å². The number of thiophene rings is 1. The maximum atomic E-state index is 12.0. The molecule has 1 fully saturated rings. The number of nitrogens with zero attached hydrogens (tertiary/aromatic N) is 1. The Hall–Kier alpha value is -0.620. The lowest BCUT2D eigenvalue weighted by atomic mass is 10.2. The summed E-state index contributed by atoms with van der Waals surface area (Å²) in [5, 5.41) is 3.78. The Morgan fingerprint density at radius 1 is 1.69 bits per heavy atom. The van der Waals surface area contributed by atoms with E-state index in [-0.39, 0.29) is 24.4 Å². The van der Waals surface area contributed by atoms with Gasteiger partial charge in [-0.3, -0.25) is 4.79 Å². The molecule has 2 N–H and O–H groups in total. The molecule has 1 aromatic heterocycles. The molecule has 0 saturated carbocycles. The Morgan fingerprint density at radius 2 is 2.50 bits per heavy atom. The first-order chi connectivity index (χ1) is 7.31. The average Bonchev–Trinajstić information content (AvgIpc) is 2.81. The first-order valence-corrected chi connectivity index (χ1v) is 5.88. The summed E-state index contributed by atoms with van der Waals surface area (Å²) in [6.07, 6.45) is -0.0127. The largest absolute Gasteiger partial charge is 0.373 e. The molecule has 90 valence electrons. The van der Waals surface area contributed by atoms with Crippen LogP contribution in [0.2, 0.25) is 0 Å². The average molecular weight is 263 g/mol. The Kier molecular flexibility index (Phi) is 5.21. The molecule has 1 unspecified atom stereocenters. The zero-order chi connectivity index (χ0) is 10.7. The molecule has 2 heterocycles. The van der Waals surface area contributed by atoms with Gasteiger partial charge in [0.15, 0.2) is 0 Å². The summed E-state index contributed by atoms with van der Waals surface area (Å²) < 4.78 is 5.41. The number of amides is 1. The number of nitrogens with two attached hydrogens (primary N) is 1. The van der Waals surface area contributed by atoms with Crippen molar-refractivity contribution < 1.29 is 9.53 Å². The molecule has 1 amide bonds. The van der Waals surface area contributed by atoms with Crippen LogP contribution >= 0.6 is 23.7 Å². The van der Waals surface area contributed by atoms with Gasteiger partial charge < -0.3 is 15.4 Å². The van der Waals surface area contributed by atoms with E-state index in [1.54, 1.807) is 0 Å². The molecule has 0 radical (unpaired) electrons. The van der Waals surface area contributed by atoms with Crippen LogP contribution in [0, 0.1) is 0 Å². The van der Waals surface area contributed by atoms with Crippen molar-refractivity contribution in [2.45, 2.75) is 6.10 Å². The zero-order valence-corrected chi connectivity index (χ0v) is 10.4. The van der Waals surface area contributed by atoms with Crippen molar-refractivity contribution in [3.8, 4) is 0 Å². The number of carbonyl (C=O) groups is 1. The smallest absolute Gasteiger partial charge is 0.254 e. The van der Waals surface area contributed by atoms with Crippen LogP contribution in [0.4, 0.5) is 0 Å². The van der Waals surface area contributed by atoms with E-state index in [4.69, 9.17) is 10.5 Å². The first-order valence-electron chi connectivity index (χ1n) is 4.94. The summed E-state index contributed by atoms with van der Waals surface area (Å²) in [5.74, 6) is 0.0815. The molecule has 1 saturated heterocycles. The molecule has 6 heteroatoms. The van der Waals surface area contributed by atoms with Crippen LogP contribution in [0.1, 0.15) is 10.4 Å². The molecular weight excluding hydrogens is 248 g/mol. The van der Waals surface area contributed by atoms with Gasteiger partial charge in [-0.2, -0.15) is 11.3 Å². The lowest BCUT2D eigenvalue weighted by Gasteiger charge is -2.32. The van der Waals surface area contributed by atoms with Crippen LogP contribution in [-0.4, -0.2) is 43.2 Å². The molecule has 0 aliphatic carbocycles. The van der Waals surface area contributed by atoms with E-state index in [1.807, 2.05) is 21.7 Å². The number of rotatable bonds is 2. The molecular formula is C10H15ClN2O2S. The fraction of sp³-hybridized carbons (Fsp3) is 0.500. The van der Waals surface area contributed by atoms with Gasteiger partial charge in [-0.15, -0.1) is 12.4 Å². The van der Waals surface area contributed by atoms with Gasteiger partial charge in [0.2, 0.25) is 0 Å². The molecule has 16 heavy (non-hydrogen) atoms. The Bertz CT molecular complexity index is 332. The second-order valence-electron chi connectivity index (χ2n) is 3.49. The highest BCUT2D eigenvalue weighted by Gasteiger charge is 2.24. The van der Waals surface area contributed by atoms with Gasteiger partial charge in [0.1, 0.15) is 0 Å². The van der Waals surface area contributed by atoms with Crippen LogP contribution < -0.4 is 5.73 Å². The van der Waals surface area contributed by atoms with E-state index in [0.717, 1.165) is 5.56 Å². The third kappa shape index (κ3) is 2.95. The summed E-state index contributed by atoms with van der Waals surface area (Å²) in [7, 11) is 0. The zero-order valence-electron chi connectivity index (χ0n) is 8.80. The molecule has 0 aromatic carbocycles. The number of morpholine rings is 1. The Morgan fingerprint density at radius 3 is 3.12 bits per heavy atom. The van der Waals surface area contributed by atoms with E-state index >= 15 is 0 Å². The highest BCUT2D eigenvalue weighted by Crippen LogP contribution is 2.12. The van der Waals surface area contributed by atoms with Gasteiger partial charge in [-0.05, 0) is 11.4 Å². The number of carbonyl (C=O) groups excluding carboxylic acids is 1. The van der Waals surface area contributed by atoms with Crippen molar-refractivity contribution in [3.63, 3.8) is 0 Å². The van der Waals surface area contributed by atoms with Crippen molar-refractivity contribution in [3.05, 3.63) is 22.4 Å². The molecule has 4 nitrogen and oxygen atoms in total. The molecule has 1 aromatic rings. The van der Waals surface area contributed by atoms with Gasteiger partial charge in [0, 0.05) is 25.0 Å². The van der Waals surface area contributed by atoms with E-state index < -0.39 is 0 Å². The van der Waals surface area contributed by atoms with Gasteiger partial charge in [0.05, 0.1) is 18.3 Å². The highest BCUT2D eigenvalue weighted by atomic mass is 35.5. The predicted molar refractivity (Wildman–Crippen MR) is 66.3 cm³/mol. The number of ether oxygens (including phenoxy) is 1. The van der Waals surface area contributed by atoms with Crippen LogP contribution in [0.3, 0.4) is 0 Å². The first kappa shape index (κ1) is 13.4. The number of hydrogen-bond acceptors (Lipinski definition) is 4. The number of hydrogen-bond donors (Lipinski definition) is 1. The maximum Gasteiger partial charge on any atom is 0.254 e. The van der Waals surface area contributed by atoms with Crippen LogP contribution in [0.15, 0.2) is 16.8 Å². The summed E-state index contributed by atoms with van der Waals surface area (Å²) in [6, 6.07) is 1.85. The van der Waals surface area contributed by atoms with E-state index in [9.17, 15) is 4.79 Å². The van der Waals surface area contributed by atoms with Crippen molar-refractivity contribution in [1.29, 1.82) is 0 Å². The van der Waals surface area contributed by atoms with Crippen LogP contribution in [0.25, 0.3) is 0 Å². The normalized spacial score (nSPS) is 20.3. The van der Waals surface area contributed by atoms with E-state index in [2.05, 4.69) is 0 Å². The minimum Gasteiger partial charge on any atom is -0.373 e. The third-order valence-electron chi connectivity index (χ3n) is 2.46. The van der Waals surface area contributed by atoms with Gasteiger partial charge in [-0.1, -0.05) is 0 Å². The minimum atomic E-state index is -0.0127. The number of halogens is 1. The highest BCUT2D eigenvalue weighted by molar-refractivity contribution is 7.08. The predicted octanol–water partition coefficient (Wildman–Crippen LogP) is 0.970. The molecule has 2 rings (SSSR count). The Labute approximate surface area is 105 Å². The quantitative estimate of drug-likeness (QED) is 0.864. The summed E-state index contributed by atoms with van der Waals surface area (Å²) in [4.78, 5) is 13.8. The monoisotopic (exact) mass is 262 g/mol. The van der Waals surface area contributed by atoms with Crippen molar-refractivity contribution in [2.75, 3.05) is 26.2 Å². The van der Waals surface area contributed by atoms with Gasteiger partial charge >= 0.3 is 0 Å².